The number of nitrogens with one attached hydrogen (secondary N) is 2. The molecule has 0 radical (unpaired) electrons. The third-order valence-electron chi connectivity index (χ3n) is 7.74. The number of amides is 2. The van der Waals surface area contributed by atoms with Crippen molar-refractivity contribution in [1.82, 2.24) is 18.8 Å². The SMILES string of the molecule is CN(C)C1CCN(S(=O)(=O)N2[C@@H]3CC[C@H]2CC(NC(=O)c2ccc4c(c2)CC(=O)N4)C3)CC1. The van der Waals surface area contributed by atoms with Gasteiger partial charge in [-0.05, 0) is 76.4 Å². The molecule has 1 aromatic carbocycles. The number of fused-ring (bicyclic) bond motifs is 3. The van der Waals surface area contributed by atoms with Crippen LogP contribution >= 0.6 is 0 Å². The molecule has 1 unspecified atom stereocenters. The summed E-state index contributed by atoms with van der Waals surface area (Å²) in [5, 5.41) is 5.90. The summed E-state index contributed by atoms with van der Waals surface area (Å²) in [6, 6.07) is 5.53. The first-order chi connectivity index (χ1) is 15.7. The molecule has 33 heavy (non-hydrogen) atoms. The van der Waals surface area contributed by atoms with Crippen LogP contribution in [0.25, 0.3) is 0 Å². The van der Waals surface area contributed by atoms with E-state index in [-0.39, 0.29) is 29.9 Å². The Morgan fingerprint density at radius 1 is 1.09 bits per heavy atom. The van der Waals surface area contributed by atoms with Crippen LogP contribution in [0.3, 0.4) is 0 Å². The lowest BCUT2D eigenvalue weighted by Crippen LogP contribution is -2.57. The van der Waals surface area contributed by atoms with Gasteiger partial charge in [-0.25, -0.2) is 0 Å². The Morgan fingerprint density at radius 3 is 2.39 bits per heavy atom. The highest BCUT2D eigenvalue weighted by molar-refractivity contribution is 7.86. The Hall–Kier alpha value is -2.01. The standard InChI is InChI=1S/C23H33N5O4S/c1-26(2)18-7-9-27(10-8-18)33(31,32)28-19-4-5-20(28)14-17(13-19)24-23(30)15-3-6-21-16(11-15)12-22(29)25-21/h3,6,11,17-20H,4-5,7-10,12-14H2,1-2H3,(H,24,30)(H,25,29)/t17?,19-,20+. The number of hydrogen-bond acceptors (Lipinski definition) is 5. The Labute approximate surface area is 195 Å². The van der Waals surface area contributed by atoms with Gasteiger partial charge in [0.25, 0.3) is 16.1 Å². The first-order valence-corrected chi connectivity index (χ1v) is 13.3. The lowest BCUT2D eigenvalue weighted by molar-refractivity contribution is -0.115. The van der Waals surface area contributed by atoms with Crippen molar-refractivity contribution in [1.29, 1.82) is 0 Å². The predicted molar refractivity (Wildman–Crippen MR) is 125 cm³/mol. The molecule has 0 aliphatic carbocycles. The van der Waals surface area contributed by atoms with Gasteiger partial charge in [-0.3, -0.25) is 9.59 Å². The molecule has 2 bridgehead atoms. The molecule has 2 N–H and O–H groups in total. The fourth-order valence-corrected chi connectivity index (χ4v) is 8.07. The van der Waals surface area contributed by atoms with Crippen molar-refractivity contribution in [2.75, 3.05) is 32.5 Å². The zero-order valence-corrected chi connectivity index (χ0v) is 20.1. The average Bonchev–Trinajstić information content (AvgIpc) is 3.29. The summed E-state index contributed by atoms with van der Waals surface area (Å²) in [5.41, 5.74) is 2.14. The molecular formula is C23H33N5O4S. The lowest BCUT2D eigenvalue weighted by Gasteiger charge is -2.42. The van der Waals surface area contributed by atoms with E-state index in [1.807, 2.05) is 14.1 Å². The van der Waals surface area contributed by atoms with Gasteiger partial charge in [-0.15, -0.1) is 0 Å². The summed E-state index contributed by atoms with van der Waals surface area (Å²) < 4.78 is 30.4. The molecule has 180 valence electrons. The number of carbonyl (C=O) groups is 2. The van der Waals surface area contributed by atoms with Gasteiger partial charge in [-0.2, -0.15) is 17.0 Å². The summed E-state index contributed by atoms with van der Waals surface area (Å²) in [6.45, 7) is 1.13. The Morgan fingerprint density at radius 2 is 1.76 bits per heavy atom. The van der Waals surface area contributed by atoms with Crippen LogP contribution in [0.5, 0.6) is 0 Å². The van der Waals surface area contributed by atoms with Crippen LogP contribution in [0.4, 0.5) is 5.69 Å². The monoisotopic (exact) mass is 475 g/mol. The van der Waals surface area contributed by atoms with Gasteiger partial charge in [0.05, 0.1) is 6.42 Å². The summed E-state index contributed by atoms with van der Waals surface area (Å²) in [7, 11) is 0.608. The lowest BCUT2D eigenvalue weighted by atomic mass is 9.99. The smallest absolute Gasteiger partial charge is 0.282 e. The minimum absolute atomic E-state index is 0.0473. The summed E-state index contributed by atoms with van der Waals surface area (Å²) in [4.78, 5) is 26.6. The van der Waals surface area contributed by atoms with Gasteiger partial charge in [0.15, 0.2) is 0 Å². The third kappa shape index (κ3) is 4.29. The van der Waals surface area contributed by atoms with Crippen molar-refractivity contribution >= 4 is 27.7 Å². The molecule has 2 amide bonds. The molecule has 0 saturated carbocycles. The Kier molecular flexibility index (Phi) is 5.97. The molecule has 10 heteroatoms. The number of anilines is 1. The van der Waals surface area contributed by atoms with Crippen LogP contribution < -0.4 is 10.6 Å². The summed E-state index contributed by atoms with van der Waals surface area (Å²) in [5.74, 6) is -0.220. The first-order valence-electron chi connectivity index (χ1n) is 11.9. The molecular weight excluding hydrogens is 442 g/mol. The fourth-order valence-electron chi connectivity index (χ4n) is 5.99. The van der Waals surface area contributed by atoms with Gasteiger partial charge >= 0.3 is 0 Å². The molecule has 0 spiro atoms. The van der Waals surface area contributed by atoms with Crippen LogP contribution in [0.1, 0.15) is 54.4 Å². The number of hydrogen-bond donors (Lipinski definition) is 2. The van der Waals surface area contributed by atoms with Gasteiger partial charge < -0.3 is 15.5 Å². The van der Waals surface area contributed by atoms with E-state index in [1.165, 1.54) is 0 Å². The first kappa shape index (κ1) is 22.8. The quantitative estimate of drug-likeness (QED) is 0.666. The highest BCUT2D eigenvalue weighted by atomic mass is 32.2. The molecule has 3 fully saturated rings. The van der Waals surface area contributed by atoms with Gasteiger partial charge in [-0.1, -0.05) is 0 Å². The van der Waals surface area contributed by atoms with E-state index < -0.39 is 10.2 Å². The van der Waals surface area contributed by atoms with Crippen LogP contribution in [-0.4, -0.2) is 85.1 Å². The number of nitrogens with zero attached hydrogens (tertiary/aromatic N) is 3. The molecule has 4 heterocycles. The molecule has 3 atom stereocenters. The Balaban J connectivity index is 1.22. The van der Waals surface area contributed by atoms with Gasteiger partial charge in [0, 0.05) is 48.5 Å². The second-order valence-corrected chi connectivity index (χ2v) is 11.9. The molecule has 4 aliphatic heterocycles. The number of benzene rings is 1. The number of carbonyl (C=O) groups excluding carboxylic acids is 2. The van der Waals surface area contributed by atoms with Crippen LogP contribution in [-0.2, 0) is 21.4 Å². The van der Waals surface area contributed by atoms with Gasteiger partial charge in [0.2, 0.25) is 5.91 Å². The van der Waals surface area contributed by atoms with E-state index in [9.17, 15) is 18.0 Å². The van der Waals surface area contributed by atoms with Gasteiger partial charge in [0.1, 0.15) is 0 Å². The van der Waals surface area contributed by atoms with Crippen molar-refractivity contribution in [2.24, 2.45) is 0 Å². The van der Waals surface area contributed by atoms with Crippen molar-refractivity contribution in [2.45, 2.75) is 69.1 Å². The van der Waals surface area contributed by atoms with Crippen LogP contribution in [0.15, 0.2) is 18.2 Å². The number of piperidine rings is 2. The van der Waals surface area contributed by atoms with E-state index in [4.69, 9.17) is 0 Å². The van der Waals surface area contributed by atoms with E-state index in [2.05, 4.69) is 15.5 Å². The highest BCUT2D eigenvalue weighted by Crippen LogP contribution is 2.39. The highest BCUT2D eigenvalue weighted by Gasteiger charge is 2.49. The average molecular weight is 476 g/mol. The minimum Gasteiger partial charge on any atom is -0.349 e. The zero-order valence-electron chi connectivity index (χ0n) is 19.3. The van der Waals surface area contributed by atoms with Crippen molar-refractivity contribution in [3.63, 3.8) is 0 Å². The molecule has 5 rings (SSSR count). The fraction of sp³-hybridized carbons (Fsp3) is 0.652. The molecule has 3 saturated heterocycles. The largest absolute Gasteiger partial charge is 0.349 e. The molecule has 9 nitrogen and oxygen atoms in total. The van der Waals surface area contributed by atoms with E-state index in [0.717, 1.165) is 36.9 Å². The van der Waals surface area contributed by atoms with E-state index >= 15 is 0 Å². The maximum atomic E-state index is 13.5. The molecule has 4 aliphatic rings. The summed E-state index contributed by atoms with van der Waals surface area (Å²) >= 11 is 0. The number of rotatable bonds is 5. The van der Waals surface area contributed by atoms with E-state index in [1.54, 1.807) is 26.8 Å². The van der Waals surface area contributed by atoms with Crippen LogP contribution in [0, 0.1) is 0 Å². The Bertz CT molecular complexity index is 1040. The van der Waals surface area contributed by atoms with E-state index in [0.29, 0.717) is 44.0 Å². The maximum Gasteiger partial charge on any atom is 0.282 e. The predicted octanol–water partition coefficient (Wildman–Crippen LogP) is 1.18. The van der Waals surface area contributed by atoms with Crippen molar-refractivity contribution in [3.8, 4) is 0 Å². The topological polar surface area (TPSA) is 102 Å². The maximum absolute atomic E-state index is 13.5. The van der Waals surface area contributed by atoms with Crippen molar-refractivity contribution < 1.29 is 18.0 Å². The third-order valence-corrected chi connectivity index (χ3v) is 9.89. The second kappa shape index (κ2) is 8.65. The minimum atomic E-state index is -3.49. The van der Waals surface area contributed by atoms with Crippen molar-refractivity contribution in [3.05, 3.63) is 29.3 Å². The zero-order chi connectivity index (χ0) is 23.3. The molecule has 0 aromatic heterocycles. The second-order valence-electron chi connectivity index (χ2n) is 10.1. The molecule has 1 aromatic rings. The van der Waals surface area contributed by atoms with Crippen LogP contribution in [0.2, 0.25) is 0 Å². The normalized spacial score (nSPS) is 28.7. The summed E-state index contributed by atoms with van der Waals surface area (Å²) in [6.07, 6.45) is 4.98.